The van der Waals surface area contributed by atoms with Crippen molar-refractivity contribution in [2.24, 2.45) is 11.8 Å². The van der Waals surface area contributed by atoms with E-state index >= 15 is 0 Å². The molecule has 1 fully saturated rings. The second-order valence-corrected chi connectivity index (χ2v) is 6.06. The fraction of sp³-hybridized carbons (Fsp3) is 0.571. The minimum Gasteiger partial charge on any atom is -0.396 e. The van der Waals surface area contributed by atoms with Gasteiger partial charge in [-0.15, -0.1) is 0 Å². The average Bonchev–Trinajstić information content (AvgIpc) is 2.50. The van der Waals surface area contributed by atoms with Gasteiger partial charge in [0.05, 0.1) is 17.7 Å². The van der Waals surface area contributed by atoms with Crippen molar-refractivity contribution < 1.29 is 15.3 Å². The molecule has 4 atom stereocenters. The van der Waals surface area contributed by atoms with Crippen LogP contribution < -0.4 is 11.2 Å². The zero-order chi connectivity index (χ0) is 16.3. The lowest BCUT2D eigenvalue weighted by molar-refractivity contribution is -0.0162. The van der Waals surface area contributed by atoms with Crippen molar-refractivity contribution in [1.29, 1.82) is 0 Å². The Labute approximate surface area is 135 Å². The number of nitrogens with one attached hydrogen (secondary N) is 1. The molecule has 7 nitrogen and oxygen atoms in total. The van der Waals surface area contributed by atoms with Gasteiger partial charge < -0.3 is 15.3 Å². The Kier molecular flexibility index (Phi) is 5.74. The molecule has 8 heteroatoms. The van der Waals surface area contributed by atoms with Crippen LogP contribution in [0.5, 0.6) is 0 Å². The first kappa shape index (κ1) is 17.1. The van der Waals surface area contributed by atoms with Gasteiger partial charge in [-0.1, -0.05) is 15.9 Å². The van der Waals surface area contributed by atoms with E-state index in [4.69, 9.17) is 0 Å². The summed E-state index contributed by atoms with van der Waals surface area (Å²) in [5.74, 6) is -0.399. The molecule has 0 aromatic carbocycles. The fourth-order valence-corrected chi connectivity index (χ4v) is 3.28. The lowest BCUT2D eigenvalue weighted by Crippen LogP contribution is -2.44. The Bertz CT molecular complexity index is 653. The zero-order valence-electron chi connectivity index (χ0n) is 11.9. The molecule has 1 aromatic rings. The maximum absolute atomic E-state index is 12.0. The maximum atomic E-state index is 12.0. The molecule has 0 spiro atoms. The molecule has 122 valence electrons. The van der Waals surface area contributed by atoms with E-state index in [1.807, 2.05) is 0 Å². The summed E-state index contributed by atoms with van der Waals surface area (Å²) in [6.07, 6.45) is 2.72. The van der Waals surface area contributed by atoms with Crippen LogP contribution >= 0.6 is 15.9 Å². The van der Waals surface area contributed by atoms with Crippen molar-refractivity contribution in [3.63, 3.8) is 0 Å². The van der Waals surface area contributed by atoms with E-state index in [0.29, 0.717) is 12.8 Å². The van der Waals surface area contributed by atoms with Crippen LogP contribution in [0.4, 0.5) is 0 Å². The van der Waals surface area contributed by atoms with Crippen LogP contribution in [0, 0.1) is 11.8 Å². The number of aromatic nitrogens is 2. The van der Waals surface area contributed by atoms with Gasteiger partial charge in [0.2, 0.25) is 0 Å². The van der Waals surface area contributed by atoms with Crippen LogP contribution in [-0.2, 0) is 0 Å². The minimum absolute atomic E-state index is 0.118. The summed E-state index contributed by atoms with van der Waals surface area (Å²) in [7, 11) is 0. The number of H-pyrrole nitrogens is 1. The molecule has 0 amide bonds. The number of aliphatic hydroxyl groups excluding tert-OH is 3. The van der Waals surface area contributed by atoms with Gasteiger partial charge in [-0.2, -0.15) is 0 Å². The van der Waals surface area contributed by atoms with Crippen molar-refractivity contribution in [2.45, 2.75) is 25.0 Å². The number of halogens is 1. The summed E-state index contributed by atoms with van der Waals surface area (Å²) in [5.41, 5.74) is -0.817. The Morgan fingerprint density at radius 3 is 2.50 bits per heavy atom. The summed E-state index contributed by atoms with van der Waals surface area (Å²) in [5, 5.41) is 29.0. The molecule has 1 heterocycles. The van der Waals surface area contributed by atoms with Crippen LogP contribution in [0.15, 0.2) is 20.8 Å². The van der Waals surface area contributed by atoms with Gasteiger partial charge in [0.15, 0.2) is 0 Å². The molecular weight excluding hydrogens is 356 g/mol. The number of aliphatic hydroxyl groups is 3. The normalized spacial score (nSPS) is 29.1. The third-order valence-corrected chi connectivity index (χ3v) is 4.53. The number of aromatic amines is 1. The molecule has 1 aromatic heterocycles. The third-order valence-electron chi connectivity index (χ3n) is 4.26. The fourth-order valence-electron chi connectivity index (χ4n) is 3.00. The molecule has 4 unspecified atom stereocenters. The lowest BCUT2D eigenvalue weighted by Gasteiger charge is -2.38. The predicted octanol–water partition coefficient (Wildman–Crippen LogP) is -0.185. The first-order valence-corrected chi connectivity index (χ1v) is 7.95. The molecule has 2 rings (SSSR count). The van der Waals surface area contributed by atoms with Gasteiger partial charge in [0.25, 0.3) is 5.56 Å². The van der Waals surface area contributed by atoms with Crippen molar-refractivity contribution in [3.05, 3.63) is 37.6 Å². The van der Waals surface area contributed by atoms with Crippen LogP contribution in [0.1, 0.15) is 24.4 Å². The Morgan fingerprint density at radius 1 is 1.27 bits per heavy atom. The first-order valence-electron chi connectivity index (χ1n) is 7.03. The minimum atomic E-state index is -0.829. The SMILES string of the molecule is O=c1[nH]c(=O)n(C2CC(CO)C(CO)CC2O)cc1C=CBr. The van der Waals surface area contributed by atoms with Crippen LogP contribution in [-0.4, -0.2) is 44.2 Å². The highest BCUT2D eigenvalue weighted by molar-refractivity contribution is 9.11. The number of rotatable bonds is 4. The lowest BCUT2D eigenvalue weighted by atomic mass is 9.76. The third kappa shape index (κ3) is 3.40. The van der Waals surface area contributed by atoms with E-state index < -0.39 is 23.4 Å². The van der Waals surface area contributed by atoms with Gasteiger partial charge in [-0.05, 0) is 35.7 Å². The predicted molar refractivity (Wildman–Crippen MR) is 84.7 cm³/mol. The van der Waals surface area contributed by atoms with Gasteiger partial charge >= 0.3 is 5.69 Å². The molecule has 22 heavy (non-hydrogen) atoms. The van der Waals surface area contributed by atoms with E-state index in [1.165, 1.54) is 21.8 Å². The molecule has 0 aliphatic heterocycles. The van der Waals surface area contributed by atoms with E-state index in [-0.39, 0.29) is 30.6 Å². The second kappa shape index (κ2) is 7.36. The van der Waals surface area contributed by atoms with Crippen LogP contribution in [0.25, 0.3) is 6.08 Å². The maximum Gasteiger partial charge on any atom is 0.328 e. The monoisotopic (exact) mass is 374 g/mol. The molecule has 1 aliphatic rings. The number of hydrogen-bond acceptors (Lipinski definition) is 5. The molecule has 4 N–H and O–H groups in total. The molecule has 1 saturated carbocycles. The summed E-state index contributed by atoms with van der Waals surface area (Å²) < 4.78 is 1.30. The molecule has 0 radical (unpaired) electrons. The molecule has 1 aliphatic carbocycles. The highest BCUT2D eigenvalue weighted by atomic mass is 79.9. The highest BCUT2D eigenvalue weighted by Gasteiger charge is 2.37. The Hall–Kier alpha value is -1.22. The van der Waals surface area contributed by atoms with Gasteiger partial charge in [0.1, 0.15) is 0 Å². The average molecular weight is 375 g/mol. The van der Waals surface area contributed by atoms with Crippen molar-refractivity contribution in [3.8, 4) is 0 Å². The quantitative estimate of drug-likeness (QED) is 0.583. The molecular formula is C14H19BrN2O5. The highest BCUT2D eigenvalue weighted by Crippen LogP contribution is 2.36. The standard InChI is InChI=1S/C14H19BrN2O5/c15-2-1-8-5-17(14(22)16-13(8)21)11-3-9(6-18)10(7-19)4-12(11)20/h1-2,5,9-12,18-20H,3-4,6-7H2,(H,16,21,22). The van der Waals surface area contributed by atoms with Gasteiger partial charge in [0, 0.05) is 19.4 Å². The summed E-state index contributed by atoms with van der Waals surface area (Å²) in [6, 6.07) is -0.549. The first-order chi connectivity index (χ1) is 10.5. The summed E-state index contributed by atoms with van der Waals surface area (Å²) in [4.78, 5) is 27.5. The Balaban J connectivity index is 2.40. The van der Waals surface area contributed by atoms with Crippen molar-refractivity contribution in [1.82, 2.24) is 9.55 Å². The van der Waals surface area contributed by atoms with Gasteiger partial charge in [-0.3, -0.25) is 14.3 Å². The smallest absolute Gasteiger partial charge is 0.328 e. The van der Waals surface area contributed by atoms with Crippen LogP contribution in [0.2, 0.25) is 0 Å². The second-order valence-electron chi connectivity index (χ2n) is 5.54. The zero-order valence-corrected chi connectivity index (χ0v) is 13.4. The van der Waals surface area contributed by atoms with Gasteiger partial charge in [-0.25, -0.2) is 4.79 Å². The number of nitrogens with zero attached hydrogens (tertiary/aromatic N) is 1. The molecule has 0 saturated heterocycles. The largest absolute Gasteiger partial charge is 0.396 e. The van der Waals surface area contributed by atoms with Crippen molar-refractivity contribution >= 4 is 22.0 Å². The molecule has 0 bridgehead atoms. The van der Waals surface area contributed by atoms with E-state index in [2.05, 4.69) is 20.9 Å². The van der Waals surface area contributed by atoms with Crippen molar-refractivity contribution in [2.75, 3.05) is 13.2 Å². The van der Waals surface area contributed by atoms with E-state index in [9.17, 15) is 24.9 Å². The summed E-state index contributed by atoms with van der Waals surface area (Å²) in [6.45, 7) is -0.242. The Morgan fingerprint density at radius 2 is 1.91 bits per heavy atom. The summed E-state index contributed by atoms with van der Waals surface area (Å²) >= 11 is 3.08. The topological polar surface area (TPSA) is 116 Å². The van der Waals surface area contributed by atoms with E-state index in [1.54, 1.807) is 0 Å². The number of hydrogen-bond donors (Lipinski definition) is 4. The van der Waals surface area contributed by atoms with Crippen LogP contribution in [0.3, 0.4) is 0 Å². The van der Waals surface area contributed by atoms with E-state index in [0.717, 1.165) is 0 Å².